The van der Waals surface area contributed by atoms with Gasteiger partial charge in [-0.1, -0.05) is 0 Å². The summed E-state index contributed by atoms with van der Waals surface area (Å²) in [5.74, 6) is -2.67. The first-order valence-electron chi connectivity index (χ1n) is 12.2. The number of carboxylic acid groups (broad SMARTS) is 1. The largest absolute Gasteiger partial charge is 0.490 e. The number of nitrogens with zero attached hydrogens (tertiary/aromatic N) is 5. The van der Waals surface area contributed by atoms with Gasteiger partial charge in [0.25, 0.3) is 5.91 Å². The van der Waals surface area contributed by atoms with Gasteiger partial charge in [-0.05, 0) is 55.7 Å². The maximum Gasteiger partial charge on any atom is 0.490 e. The molecule has 39 heavy (non-hydrogen) atoms. The van der Waals surface area contributed by atoms with Crippen LogP contribution in [0.15, 0.2) is 48.9 Å². The number of likely N-dealkylation sites (tertiary alicyclic amines) is 2. The molecule has 0 unspecified atom stereocenters. The van der Waals surface area contributed by atoms with Gasteiger partial charge in [0.2, 0.25) is 5.91 Å². The van der Waals surface area contributed by atoms with Gasteiger partial charge in [-0.25, -0.2) is 4.79 Å². The van der Waals surface area contributed by atoms with Crippen molar-refractivity contribution in [2.24, 2.45) is 12.5 Å². The van der Waals surface area contributed by atoms with E-state index >= 15 is 0 Å². The lowest BCUT2D eigenvalue weighted by molar-refractivity contribution is -0.192. The number of alkyl halides is 3. The number of aliphatic carboxylic acids is 1. The number of hydrogen-bond donors (Lipinski definition) is 1. The zero-order valence-electron chi connectivity index (χ0n) is 21.4. The summed E-state index contributed by atoms with van der Waals surface area (Å²) < 4.78 is 33.6. The maximum absolute atomic E-state index is 14.0. The molecule has 2 amide bonds. The number of thiophene rings is 1. The van der Waals surface area contributed by atoms with Crippen LogP contribution in [0, 0.1) is 12.3 Å². The zero-order chi connectivity index (χ0) is 28.4. The van der Waals surface area contributed by atoms with Gasteiger partial charge in [0.05, 0.1) is 10.3 Å². The highest BCUT2D eigenvalue weighted by molar-refractivity contribution is 7.13. The molecule has 1 N–H and O–H groups in total. The standard InChI is InChI=1S/C24H27N5O2S.C2HF3O2/c1-17-4-5-21(32-17)22(30)29-15-19(20-8-12-26-27(20)2)24(16-29)9-3-13-28(23(24)31)14-18-6-10-25-11-7-18;3-2(4,5)1(6)7/h4-8,10-12,19H,3,9,13-16H2,1-2H3;(H,6,7)/t19-,24+;/m0./s1. The summed E-state index contributed by atoms with van der Waals surface area (Å²) in [5, 5.41) is 11.5. The highest BCUT2D eigenvalue weighted by Gasteiger charge is 2.57. The van der Waals surface area contributed by atoms with E-state index in [0.29, 0.717) is 19.6 Å². The van der Waals surface area contributed by atoms with Gasteiger partial charge in [-0.2, -0.15) is 18.3 Å². The molecule has 1 spiro atoms. The van der Waals surface area contributed by atoms with E-state index in [9.17, 15) is 22.8 Å². The molecule has 2 atom stereocenters. The Balaban J connectivity index is 0.000000448. The minimum Gasteiger partial charge on any atom is -0.475 e. The molecule has 3 aromatic heterocycles. The smallest absolute Gasteiger partial charge is 0.475 e. The first-order valence-corrected chi connectivity index (χ1v) is 13.1. The molecule has 0 aliphatic carbocycles. The predicted octanol–water partition coefficient (Wildman–Crippen LogP) is 3.87. The molecule has 0 bridgehead atoms. The Morgan fingerprint density at radius 1 is 1.15 bits per heavy atom. The summed E-state index contributed by atoms with van der Waals surface area (Å²) in [6.07, 6.45) is 1.92. The number of pyridine rings is 1. The molecule has 3 aromatic rings. The van der Waals surface area contributed by atoms with Crippen LogP contribution in [0.5, 0.6) is 0 Å². The topological polar surface area (TPSA) is 109 Å². The molecule has 2 aliphatic rings. The van der Waals surface area contributed by atoms with Gasteiger partial charge in [0, 0.05) is 68.3 Å². The third-order valence-corrected chi connectivity index (χ3v) is 8.12. The third-order valence-electron chi connectivity index (χ3n) is 7.13. The van der Waals surface area contributed by atoms with Crippen LogP contribution in [-0.4, -0.2) is 73.3 Å². The number of aromatic nitrogens is 3. The van der Waals surface area contributed by atoms with Gasteiger partial charge >= 0.3 is 12.1 Å². The van der Waals surface area contributed by atoms with Crippen molar-refractivity contribution in [3.05, 3.63) is 69.9 Å². The van der Waals surface area contributed by atoms with E-state index in [2.05, 4.69) is 10.1 Å². The van der Waals surface area contributed by atoms with Gasteiger partial charge in [0.1, 0.15) is 0 Å². The summed E-state index contributed by atoms with van der Waals surface area (Å²) in [5.41, 5.74) is 1.46. The lowest BCUT2D eigenvalue weighted by Gasteiger charge is -2.42. The van der Waals surface area contributed by atoms with Crippen LogP contribution < -0.4 is 0 Å². The number of carbonyl (C=O) groups is 3. The Kier molecular flexibility index (Phi) is 8.09. The molecule has 9 nitrogen and oxygen atoms in total. The van der Waals surface area contributed by atoms with Crippen LogP contribution in [0.1, 0.15) is 44.6 Å². The average Bonchev–Trinajstić information content (AvgIpc) is 3.61. The fraction of sp³-hybridized carbons (Fsp3) is 0.423. The summed E-state index contributed by atoms with van der Waals surface area (Å²) in [6, 6.07) is 9.77. The minimum absolute atomic E-state index is 0.0196. The number of aryl methyl sites for hydroxylation is 2. The summed E-state index contributed by atoms with van der Waals surface area (Å²) >= 11 is 1.51. The molecular weight excluding hydrogens is 535 g/mol. The first kappa shape index (κ1) is 28.3. The van der Waals surface area contributed by atoms with Gasteiger partial charge in [-0.3, -0.25) is 19.3 Å². The van der Waals surface area contributed by atoms with Crippen molar-refractivity contribution < 1.29 is 32.7 Å². The second-order valence-corrected chi connectivity index (χ2v) is 11.0. The third kappa shape index (κ3) is 5.97. The number of hydrogen-bond acceptors (Lipinski definition) is 6. The molecule has 5 heterocycles. The van der Waals surface area contributed by atoms with Crippen LogP contribution in [-0.2, 0) is 23.2 Å². The highest BCUT2D eigenvalue weighted by Crippen LogP contribution is 2.50. The van der Waals surface area contributed by atoms with Crippen molar-refractivity contribution in [2.45, 2.75) is 38.4 Å². The first-order chi connectivity index (χ1) is 18.4. The minimum atomic E-state index is -5.08. The van der Waals surface area contributed by atoms with E-state index in [4.69, 9.17) is 9.90 Å². The molecule has 208 valence electrons. The molecule has 5 rings (SSSR count). The number of carboxylic acids is 1. The monoisotopic (exact) mass is 563 g/mol. The summed E-state index contributed by atoms with van der Waals surface area (Å²) in [7, 11) is 1.91. The van der Waals surface area contributed by atoms with E-state index in [1.165, 1.54) is 11.3 Å². The van der Waals surface area contributed by atoms with Crippen molar-refractivity contribution in [3.63, 3.8) is 0 Å². The van der Waals surface area contributed by atoms with E-state index < -0.39 is 17.6 Å². The van der Waals surface area contributed by atoms with Crippen molar-refractivity contribution >= 4 is 29.1 Å². The Morgan fingerprint density at radius 3 is 2.41 bits per heavy atom. The molecule has 0 aromatic carbocycles. The number of amides is 2. The highest BCUT2D eigenvalue weighted by atomic mass is 32.1. The van der Waals surface area contributed by atoms with Crippen molar-refractivity contribution in [1.82, 2.24) is 24.6 Å². The average molecular weight is 564 g/mol. The lowest BCUT2D eigenvalue weighted by Crippen LogP contribution is -2.52. The lowest BCUT2D eigenvalue weighted by atomic mass is 9.70. The summed E-state index contributed by atoms with van der Waals surface area (Å²) in [4.78, 5) is 46.1. The fourth-order valence-electron chi connectivity index (χ4n) is 5.31. The molecular formula is C26H28F3N5O4S. The number of carbonyl (C=O) groups excluding carboxylic acids is 2. The van der Waals surface area contributed by atoms with Crippen molar-refractivity contribution in [3.8, 4) is 0 Å². The van der Waals surface area contributed by atoms with Crippen molar-refractivity contribution in [1.29, 1.82) is 0 Å². The van der Waals surface area contributed by atoms with Crippen LogP contribution >= 0.6 is 11.3 Å². The van der Waals surface area contributed by atoms with E-state index in [1.54, 1.807) is 18.6 Å². The Hall–Kier alpha value is -3.74. The Labute approximate surface area is 226 Å². The van der Waals surface area contributed by atoms with E-state index in [1.807, 2.05) is 58.8 Å². The number of piperidine rings is 1. The van der Waals surface area contributed by atoms with Crippen molar-refractivity contribution in [2.75, 3.05) is 19.6 Å². The Morgan fingerprint density at radius 2 is 1.85 bits per heavy atom. The van der Waals surface area contributed by atoms with Crippen LogP contribution in [0.2, 0.25) is 0 Å². The molecule has 13 heteroatoms. The van der Waals surface area contributed by atoms with Crippen LogP contribution in [0.3, 0.4) is 0 Å². The molecule has 2 aliphatic heterocycles. The van der Waals surface area contributed by atoms with Gasteiger partial charge in [0.15, 0.2) is 0 Å². The van der Waals surface area contributed by atoms with Gasteiger partial charge in [-0.15, -0.1) is 11.3 Å². The SMILES string of the molecule is Cc1ccc(C(=O)N2C[C@@H](c3ccnn3C)[C@@]3(CCCN(Cc4ccncc4)C3=O)C2)s1.O=C(O)C(F)(F)F. The van der Waals surface area contributed by atoms with Crippen LogP contribution in [0.4, 0.5) is 13.2 Å². The second kappa shape index (κ2) is 11.2. The van der Waals surface area contributed by atoms with E-state index in [-0.39, 0.29) is 17.7 Å². The molecule has 0 radical (unpaired) electrons. The normalized spacial score (nSPS) is 21.2. The maximum atomic E-state index is 14.0. The quantitative estimate of drug-likeness (QED) is 0.517. The van der Waals surface area contributed by atoms with Gasteiger partial charge < -0.3 is 14.9 Å². The summed E-state index contributed by atoms with van der Waals surface area (Å²) in [6.45, 7) is 4.29. The molecule has 2 saturated heterocycles. The van der Waals surface area contributed by atoms with Crippen LogP contribution in [0.25, 0.3) is 0 Å². The number of rotatable bonds is 4. The zero-order valence-corrected chi connectivity index (χ0v) is 22.2. The molecule has 0 saturated carbocycles. The van der Waals surface area contributed by atoms with E-state index in [0.717, 1.165) is 40.4 Å². The number of halogens is 3. The Bertz CT molecular complexity index is 1340. The fourth-order valence-corrected chi connectivity index (χ4v) is 6.15. The second-order valence-electron chi connectivity index (χ2n) is 9.67. The predicted molar refractivity (Wildman–Crippen MR) is 136 cm³/mol. The molecule has 2 fully saturated rings.